The number of carbonyl (C=O) groups excluding carboxylic acids is 1. The van der Waals surface area contributed by atoms with Crippen molar-refractivity contribution in [1.82, 2.24) is 4.98 Å². The number of rotatable bonds is 7. The molecule has 0 spiro atoms. The Morgan fingerprint density at radius 1 is 1.20 bits per heavy atom. The molecule has 0 saturated heterocycles. The van der Waals surface area contributed by atoms with Crippen molar-refractivity contribution in [1.29, 1.82) is 5.26 Å². The number of pyridine rings is 1. The fourth-order valence-electron chi connectivity index (χ4n) is 2.56. The Bertz CT molecular complexity index is 805. The third-order valence-electron chi connectivity index (χ3n) is 3.67. The molecular weight excluding hydrogens is 332 g/mol. The third kappa shape index (κ3) is 5.33. The van der Waals surface area contributed by atoms with Gasteiger partial charge < -0.3 is 4.74 Å². The van der Waals surface area contributed by atoms with Gasteiger partial charge >= 0.3 is 0 Å². The zero-order chi connectivity index (χ0) is 18.4. The van der Waals surface area contributed by atoms with Gasteiger partial charge in [-0.25, -0.2) is 4.98 Å². The van der Waals surface area contributed by atoms with Crippen molar-refractivity contribution in [3.05, 3.63) is 52.2 Å². The van der Waals surface area contributed by atoms with Gasteiger partial charge in [-0.05, 0) is 63.4 Å². The van der Waals surface area contributed by atoms with E-state index in [1.54, 1.807) is 13.0 Å². The topological polar surface area (TPSA) is 63.0 Å². The number of ketones is 1. The minimum absolute atomic E-state index is 0.0695. The number of hydrogen-bond acceptors (Lipinski definition) is 5. The first-order chi connectivity index (χ1) is 11.9. The lowest BCUT2D eigenvalue weighted by Crippen LogP contribution is -2.03. The Balaban J connectivity index is 1.90. The summed E-state index contributed by atoms with van der Waals surface area (Å²) in [6.45, 7) is 8.01. The van der Waals surface area contributed by atoms with Crippen molar-refractivity contribution in [2.75, 3.05) is 12.4 Å². The van der Waals surface area contributed by atoms with Gasteiger partial charge in [0.15, 0.2) is 5.78 Å². The SMILES string of the molecule is CC(=O)c1cc(C#N)c(SCCCOc2cc(C)cc(C)c2)nc1C. The molecule has 0 amide bonds. The van der Waals surface area contributed by atoms with Crippen LogP contribution in [0.4, 0.5) is 0 Å². The van der Waals surface area contributed by atoms with Crippen molar-refractivity contribution in [2.45, 2.75) is 39.1 Å². The number of hydrogen-bond donors (Lipinski definition) is 0. The third-order valence-corrected chi connectivity index (χ3v) is 4.75. The fourth-order valence-corrected chi connectivity index (χ4v) is 3.48. The smallest absolute Gasteiger partial charge is 0.161 e. The molecule has 0 N–H and O–H groups in total. The zero-order valence-corrected chi connectivity index (χ0v) is 15.9. The number of aromatic nitrogens is 1. The Hall–Kier alpha value is -2.32. The highest BCUT2D eigenvalue weighted by Crippen LogP contribution is 2.24. The number of ether oxygens (including phenoxy) is 1. The standard InChI is InChI=1S/C20H22N2O2S/c1-13-8-14(2)10-18(9-13)24-6-5-7-25-20-17(12-21)11-19(16(4)23)15(3)22-20/h8-11H,5-7H2,1-4H3. The van der Waals surface area contributed by atoms with Crippen molar-refractivity contribution in [3.63, 3.8) is 0 Å². The van der Waals surface area contributed by atoms with Gasteiger partial charge in [0.25, 0.3) is 0 Å². The summed E-state index contributed by atoms with van der Waals surface area (Å²) < 4.78 is 5.79. The molecule has 0 radical (unpaired) electrons. The number of nitriles is 1. The lowest BCUT2D eigenvalue weighted by Gasteiger charge is -2.09. The van der Waals surface area contributed by atoms with Crippen LogP contribution in [0.15, 0.2) is 29.3 Å². The normalized spacial score (nSPS) is 10.4. The van der Waals surface area contributed by atoms with Crippen molar-refractivity contribution >= 4 is 17.5 Å². The summed E-state index contributed by atoms with van der Waals surface area (Å²) in [5.41, 5.74) is 4.01. The van der Waals surface area contributed by atoms with E-state index in [2.05, 4.69) is 31.0 Å². The molecule has 2 rings (SSSR count). The van der Waals surface area contributed by atoms with Gasteiger partial charge in [-0.3, -0.25) is 4.79 Å². The summed E-state index contributed by atoms with van der Waals surface area (Å²) in [6.07, 6.45) is 0.845. The van der Waals surface area contributed by atoms with Gasteiger partial charge in [-0.15, -0.1) is 11.8 Å². The van der Waals surface area contributed by atoms with Gasteiger partial charge in [0.2, 0.25) is 0 Å². The number of aryl methyl sites for hydroxylation is 3. The average molecular weight is 354 g/mol. The van der Waals surface area contributed by atoms with Crippen LogP contribution < -0.4 is 4.74 Å². The van der Waals surface area contributed by atoms with E-state index in [0.717, 1.165) is 17.9 Å². The lowest BCUT2D eigenvalue weighted by atomic mass is 10.1. The number of Topliss-reactive ketones (excluding diaryl/α,β-unsaturated/α-hetero) is 1. The highest BCUT2D eigenvalue weighted by molar-refractivity contribution is 7.99. The molecule has 5 heteroatoms. The molecule has 0 unspecified atom stereocenters. The zero-order valence-electron chi connectivity index (χ0n) is 15.0. The molecule has 2 aromatic rings. The second kappa shape index (κ2) is 8.68. The molecule has 1 aromatic heterocycles. The maximum absolute atomic E-state index is 11.6. The van der Waals surface area contributed by atoms with E-state index in [0.29, 0.717) is 28.5 Å². The van der Waals surface area contributed by atoms with Crippen molar-refractivity contribution in [2.24, 2.45) is 0 Å². The molecule has 0 aliphatic carbocycles. The molecule has 1 heterocycles. The summed E-state index contributed by atoms with van der Waals surface area (Å²) in [7, 11) is 0. The van der Waals surface area contributed by atoms with E-state index >= 15 is 0 Å². The summed E-state index contributed by atoms with van der Waals surface area (Å²) >= 11 is 1.52. The van der Waals surface area contributed by atoms with Crippen LogP contribution in [0.5, 0.6) is 5.75 Å². The molecule has 130 valence electrons. The Labute approximate surface area is 153 Å². The number of nitrogens with zero attached hydrogens (tertiary/aromatic N) is 2. The van der Waals surface area contributed by atoms with Crippen LogP contribution in [0.25, 0.3) is 0 Å². The van der Waals surface area contributed by atoms with Gasteiger partial charge in [0, 0.05) is 17.0 Å². The van der Waals surface area contributed by atoms with Gasteiger partial charge in [-0.1, -0.05) is 6.07 Å². The number of benzene rings is 1. The van der Waals surface area contributed by atoms with Crippen LogP contribution in [0.3, 0.4) is 0 Å². The first-order valence-corrected chi connectivity index (χ1v) is 9.16. The minimum atomic E-state index is -0.0695. The Kier molecular flexibility index (Phi) is 6.60. The van der Waals surface area contributed by atoms with Crippen molar-refractivity contribution < 1.29 is 9.53 Å². The number of carbonyl (C=O) groups is 1. The highest BCUT2D eigenvalue weighted by Gasteiger charge is 2.12. The minimum Gasteiger partial charge on any atom is -0.494 e. The Morgan fingerprint density at radius 3 is 2.48 bits per heavy atom. The predicted octanol–water partition coefficient (Wildman–Crippen LogP) is 4.64. The summed E-state index contributed by atoms with van der Waals surface area (Å²) in [5.74, 6) is 1.62. The molecule has 0 atom stereocenters. The maximum atomic E-state index is 11.6. The number of thioether (sulfide) groups is 1. The lowest BCUT2D eigenvalue weighted by molar-refractivity contribution is 0.101. The molecule has 25 heavy (non-hydrogen) atoms. The molecule has 0 saturated carbocycles. The highest BCUT2D eigenvalue weighted by atomic mass is 32.2. The molecular formula is C20H22N2O2S. The molecule has 0 fully saturated rings. The van der Waals surface area contributed by atoms with Gasteiger partial charge in [0.05, 0.1) is 12.2 Å². The van der Waals surface area contributed by atoms with Gasteiger partial charge in [-0.2, -0.15) is 5.26 Å². The quantitative estimate of drug-likeness (QED) is 0.412. The molecule has 0 aliphatic heterocycles. The van der Waals surface area contributed by atoms with E-state index in [1.807, 2.05) is 12.1 Å². The average Bonchev–Trinajstić information content (AvgIpc) is 2.53. The molecule has 0 bridgehead atoms. The largest absolute Gasteiger partial charge is 0.494 e. The van der Waals surface area contributed by atoms with E-state index in [1.165, 1.54) is 29.8 Å². The van der Waals surface area contributed by atoms with Crippen LogP contribution in [0.1, 0.15) is 46.1 Å². The summed E-state index contributed by atoms with van der Waals surface area (Å²) in [6, 6.07) is 9.94. The van der Waals surface area contributed by atoms with Crippen LogP contribution in [0, 0.1) is 32.1 Å². The second-order valence-electron chi connectivity index (χ2n) is 6.02. The molecule has 1 aromatic carbocycles. The van der Waals surface area contributed by atoms with E-state index < -0.39 is 0 Å². The first kappa shape index (κ1) is 19.0. The van der Waals surface area contributed by atoms with Crippen molar-refractivity contribution in [3.8, 4) is 11.8 Å². The van der Waals surface area contributed by atoms with Crippen LogP contribution in [0.2, 0.25) is 0 Å². The van der Waals surface area contributed by atoms with Crippen LogP contribution >= 0.6 is 11.8 Å². The maximum Gasteiger partial charge on any atom is 0.161 e. The van der Waals surface area contributed by atoms with Gasteiger partial charge in [0.1, 0.15) is 16.8 Å². The first-order valence-electron chi connectivity index (χ1n) is 8.17. The van der Waals surface area contributed by atoms with E-state index in [-0.39, 0.29) is 5.78 Å². The molecule has 4 nitrogen and oxygen atoms in total. The predicted molar refractivity (Wildman–Crippen MR) is 100 cm³/mol. The monoisotopic (exact) mass is 354 g/mol. The summed E-state index contributed by atoms with van der Waals surface area (Å²) in [5, 5.41) is 9.96. The summed E-state index contributed by atoms with van der Waals surface area (Å²) in [4.78, 5) is 16.0. The van der Waals surface area contributed by atoms with E-state index in [9.17, 15) is 10.1 Å². The van der Waals surface area contributed by atoms with Crippen LogP contribution in [-0.2, 0) is 0 Å². The molecule has 0 aliphatic rings. The second-order valence-corrected chi connectivity index (χ2v) is 7.10. The fraction of sp³-hybridized carbons (Fsp3) is 0.350. The van der Waals surface area contributed by atoms with Crippen LogP contribution in [-0.4, -0.2) is 23.1 Å². The van der Waals surface area contributed by atoms with E-state index in [4.69, 9.17) is 4.74 Å². The Morgan fingerprint density at radius 2 is 1.88 bits per heavy atom.